The van der Waals surface area contributed by atoms with E-state index < -0.39 is 18.1 Å². The number of carbonyl (C=O) groups is 1. The van der Waals surface area contributed by atoms with Crippen LogP contribution in [0.3, 0.4) is 0 Å². The molecule has 3 N–H and O–H groups in total. The summed E-state index contributed by atoms with van der Waals surface area (Å²) in [4.78, 5) is 10.8. The topological polar surface area (TPSA) is 78.8 Å². The molecule has 90 valence electrons. The molecule has 15 heavy (non-hydrogen) atoms. The Morgan fingerprint density at radius 1 is 1.47 bits per heavy atom. The SMILES string of the molecule is COCC(O)CCNC(C(=O)O)C(C)C. The first-order chi connectivity index (χ1) is 6.99. The molecule has 0 heterocycles. The second-order valence-corrected chi connectivity index (χ2v) is 3.91. The minimum atomic E-state index is -0.855. The molecule has 0 aromatic carbocycles. The van der Waals surface area contributed by atoms with Crippen molar-refractivity contribution in [2.75, 3.05) is 20.3 Å². The molecular weight excluding hydrogens is 198 g/mol. The number of rotatable bonds is 8. The summed E-state index contributed by atoms with van der Waals surface area (Å²) in [6.07, 6.45) is -0.0474. The first-order valence-electron chi connectivity index (χ1n) is 5.12. The molecule has 0 radical (unpaired) electrons. The van der Waals surface area contributed by atoms with Crippen LogP contribution in [0.15, 0.2) is 0 Å². The fourth-order valence-electron chi connectivity index (χ4n) is 1.29. The Morgan fingerprint density at radius 3 is 2.47 bits per heavy atom. The molecular formula is C10H21NO4. The van der Waals surface area contributed by atoms with E-state index in [0.29, 0.717) is 13.0 Å². The summed E-state index contributed by atoms with van der Waals surface area (Å²) in [6.45, 7) is 4.44. The Balaban J connectivity index is 3.76. The Kier molecular flexibility index (Phi) is 7.29. The van der Waals surface area contributed by atoms with Crippen LogP contribution in [0, 0.1) is 5.92 Å². The zero-order valence-corrected chi connectivity index (χ0v) is 9.56. The van der Waals surface area contributed by atoms with Crippen molar-refractivity contribution in [2.45, 2.75) is 32.4 Å². The molecule has 2 atom stereocenters. The summed E-state index contributed by atoms with van der Waals surface area (Å²) < 4.78 is 4.76. The zero-order chi connectivity index (χ0) is 11.8. The van der Waals surface area contributed by atoms with Crippen LogP contribution >= 0.6 is 0 Å². The third-order valence-corrected chi connectivity index (χ3v) is 2.13. The summed E-state index contributed by atoms with van der Waals surface area (Å²) in [5, 5.41) is 21.1. The first kappa shape index (κ1) is 14.3. The minimum Gasteiger partial charge on any atom is -0.480 e. The molecule has 0 aliphatic carbocycles. The van der Waals surface area contributed by atoms with E-state index in [1.54, 1.807) is 0 Å². The van der Waals surface area contributed by atoms with Gasteiger partial charge < -0.3 is 20.3 Å². The van der Waals surface area contributed by atoms with Crippen molar-refractivity contribution in [2.24, 2.45) is 5.92 Å². The van der Waals surface area contributed by atoms with Crippen molar-refractivity contribution in [1.82, 2.24) is 5.32 Å². The van der Waals surface area contributed by atoms with Gasteiger partial charge in [-0.05, 0) is 18.9 Å². The number of nitrogens with one attached hydrogen (secondary N) is 1. The normalized spacial score (nSPS) is 15.3. The van der Waals surface area contributed by atoms with Crippen molar-refractivity contribution in [3.05, 3.63) is 0 Å². The van der Waals surface area contributed by atoms with Crippen molar-refractivity contribution in [3.8, 4) is 0 Å². The molecule has 0 amide bonds. The molecule has 0 aromatic heterocycles. The van der Waals surface area contributed by atoms with E-state index in [1.165, 1.54) is 7.11 Å². The highest BCUT2D eigenvalue weighted by atomic mass is 16.5. The number of aliphatic hydroxyl groups is 1. The van der Waals surface area contributed by atoms with Gasteiger partial charge in [-0.2, -0.15) is 0 Å². The van der Waals surface area contributed by atoms with Crippen LogP contribution in [0.5, 0.6) is 0 Å². The molecule has 0 saturated heterocycles. The highest BCUT2D eigenvalue weighted by Crippen LogP contribution is 2.02. The quantitative estimate of drug-likeness (QED) is 0.539. The molecule has 0 spiro atoms. The van der Waals surface area contributed by atoms with Crippen LogP contribution in [0.1, 0.15) is 20.3 Å². The average Bonchev–Trinajstić information content (AvgIpc) is 2.11. The highest BCUT2D eigenvalue weighted by molar-refractivity contribution is 5.73. The lowest BCUT2D eigenvalue weighted by molar-refractivity contribution is -0.140. The monoisotopic (exact) mass is 219 g/mol. The van der Waals surface area contributed by atoms with E-state index in [2.05, 4.69) is 5.32 Å². The highest BCUT2D eigenvalue weighted by Gasteiger charge is 2.20. The second-order valence-electron chi connectivity index (χ2n) is 3.91. The second kappa shape index (κ2) is 7.62. The van der Waals surface area contributed by atoms with Gasteiger partial charge in [-0.3, -0.25) is 4.79 Å². The smallest absolute Gasteiger partial charge is 0.320 e. The Morgan fingerprint density at radius 2 is 2.07 bits per heavy atom. The summed E-state index contributed by atoms with van der Waals surface area (Å²) in [7, 11) is 1.52. The molecule has 5 heteroatoms. The van der Waals surface area contributed by atoms with Crippen LogP contribution in [-0.4, -0.2) is 48.6 Å². The van der Waals surface area contributed by atoms with Crippen LogP contribution in [0.4, 0.5) is 0 Å². The molecule has 5 nitrogen and oxygen atoms in total. The molecule has 2 unspecified atom stereocenters. The van der Waals surface area contributed by atoms with E-state index in [1.807, 2.05) is 13.8 Å². The van der Waals surface area contributed by atoms with Gasteiger partial charge in [0.1, 0.15) is 6.04 Å². The maximum absolute atomic E-state index is 10.8. The number of ether oxygens (including phenoxy) is 1. The Bertz CT molecular complexity index is 184. The predicted molar refractivity (Wildman–Crippen MR) is 56.8 cm³/mol. The first-order valence-corrected chi connectivity index (χ1v) is 5.12. The van der Waals surface area contributed by atoms with Gasteiger partial charge in [-0.15, -0.1) is 0 Å². The summed E-state index contributed by atoms with van der Waals surface area (Å²) in [5.74, 6) is -0.826. The van der Waals surface area contributed by atoms with Gasteiger partial charge in [-0.25, -0.2) is 0 Å². The maximum Gasteiger partial charge on any atom is 0.320 e. The third kappa shape index (κ3) is 6.43. The molecule has 0 aliphatic rings. The Hall–Kier alpha value is -0.650. The number of carboxylic acid groups (broad SMARTS) is 1. The van der Waals surface area contributed by atoms with E-state index >= 15 is 0 Å². The molecule has 0 aliphatic heterocycles. The lowest BCUT2D eigenvalue weighted by Crippen LogP contribution is -2.42. The van der Waals surface area contributed by atoms with E-state index in [4.69, 9.17) is 9.84 Å². The van der Waals surface area contributed by atoms with Gasteiger partial charge in [0.2, 0.25) is 0 Å². The van der Waals surface area contributed by atoms with E-state index in [9.17, 15) is 9.90 Å². The van der Waals surface area contributed by atoms with Crippen molar-refractivity contribution in [3.63, 3.8) is 0 Å². The van der Waals surface area contributed by atoms with Crippen molar-refractivity contribution in [1.29, 1.82) is 0 Å². The number of methoxy groups -OCH3 is 1. The lowest BCUT2D eigenvalue weighted by atomic mass is 10.0. The number of aliphatic carboxylic acids is 1. The van der Waals surface area contributed by atoms with E-state index in [0.717, 1.165) is 0 Å². The van der Waals surface area contributed by atoms with Crippen molar-refractivity contribution < 1.29 is 19.7 Å². The molecule has 0 bridgehead atoms. The molecule has 0 fully saturated rings. The van der Waals surface area contributed by atoms with Crippen LogP contribution in [0.25, 0.3) is 0 Å². The van der Waals surface area contributed by atoms with Gasteiger partial charge >= 0.3 is 5.97 Å². The van der Waals surface area contributed by atoms with E-state index in [-0.39, 0.29) is 12.5 Å². The third-order valence-electron chi connectivity index (χ3n) is 2.13. The largest absolute Gasteiger partial charge is 0.480 e. The van der Waals surface area contributed by atoms with Crippen LogP contribution in [0.2, 0.25) is 0 Å². The fraction of sp³-hybridized carbons (Fsp3) is 0.900. The minimum absolute atomic E-state index is 0.0297. The fourth-order valence-corrected chi connectivity index (χ4v) is 1.29. The summed E-state index contributed by atoms with van der Waals surface area (Å²) in [6, 6.07) is -0.556. The number of carboxylic acids is 1. The lowest BCUT2D eigenvalue weighted by Gasteiger charge is -2.18. The predicted octanol–water partition coefficient (Wildman–Crippen LogP) is 0.0826. The zero-order valence-electron chi connectivity index (χ0n) is 9.56. The maximum atomic E-state index is 10.8. The van der Waals surface area contributed by atoms with Gasteiger partial charge in [0.05, 0.1) is 12.7 Å². The van der Waals surface area contributed by atoms with Crippen LogP contribution in [-0.2, 0) is 9.53 Å². The van der Waals surface area contributed by atoms with Gasteiger partial charge in [0.25, 0.3) is 0 Å². The standard InChI is InChI=1S/C10H21NO4/c1-7(2)9(10(13)14)11-5-4-8(12)6-15-3/h7-9,11-12H,4-6H2,1-3H3,(H,13,14). The van der Waals surface area contributed by atoms with Crippen LogP contribution < -0.4 is 5.32 Å². The summed E-state index contributed by atoms with van der Waals surface area (Å²) in [5.41, 5.74) is 0. The molecule has 0 saturated carbocycles. The van der Waals surface area contributed by atoms with Gasteiger partial charge in [0, 0.05) is 7.11 Å². The molecule has 0 aromatic rings. The number of aliphatic hydroxyl groups excluding tert-OH is 1. The molecule has 0 rings (SSSR count). The summed E-state index contributed by atoms with van der Waals surface area (Å²) >= 11 is 0. The number of hydrogen-bond acceptors (Lipinski definition) is 4. The Labute approximate surface area is 90.4 Å². The van der Waals surface area contributed by atoms with Gasteiger partial charge in [-0.1, -0.05) is 13.8 Å². The number of hydrogen-bond donors (Lipinski definition) is 3. The van der Waals surface area contributed by atoms with Crippen molar-refractivity contribution >= 4 is 5.97 Å². The average molecular weight is 219 g/mol. The van der Waals surface area contributed by atoms with Gasteiger partial charge in [0.15, 0.2) is 0 Å².